The van der Waals surface area contributed by atoms with E-state index in [2.05, 4.69) is 134 Å². The summed E-state index contributed by atoms with van der Waals surface area (Å²) in [6.45, 7) is 4.70. The molecule has 3 heterocycles. The predicted octanol–water partition coefficient (Wildman–Crippen LogP) is 9.76. The minimum absolute atomic E-state index is 0.0426. The summed E-state index contributed by atoms with van der Waals surface area (Å²) in [6.07, 6.45) is 5.78. The Morgan fingerprint density at radius 3 is 2.24 bits per heavy atom. The molecule has 0 aliphatic heterocycles. The molecule has 0 bridgehead atoms. The number of rotatable bonds is 4. The molecule has 5 aromatic carbocycles. The lowest BCUT2D eigenvalue weighted by atomic mass is 9.72. The summed E-state index contributed by atoms with van der Waals surface area (Å²) in [5, 5.41) is 5.99. The van der Waals surface area contributed by atoms with Crippen molar-refractivity contribution in [3.8, 4) is 39.4 Å². The Bertz CT molecular complexity index is 2820. The van der Waals surface area contributed by atoms with E-state index in [1.807, 2.05) is 18.2 Å². The number of hydrogen-bond acceptors (Lipinski definition) is 3. The van der Waals surface area contributed by atoms with Crippen molar-refractivity contribution in [1.82, 2.24) is 15.0 Å². The van der Waals surface area contributed by atoms with Crippen molar-refractivity contribution in [3.63, 3.8) is 0 Å². The predicted molar refractivity (Wildman–Crippen MR) is 206 cm³/mol. The maximum absolute atomic E-state index is 5.66. The first-order valence-corrected chi connectivity index (χ1v) is 17.4. The summed E-state index contributed by atoms with van der Waals surface area (Å²) in [5.74, 6) is 1.04. The average molecular weight is 646 g/mol. The summed E-state index contributed by atoms with van der Waals surface area (Å²) in [4.78, 5) is 14.3. The fourth-order valence-electron chi connectivity index (χ4n) is 8.39. The average Bonchev–Trinajstić information content (AvgIpc) is 3.69. The molecule has 8 aromatic rings. The lowest BCUT2D eigenvalue weighted by Gasteiger charge is -2.31. The highest BCUT2D eigenvalue weighted by atomic mass is 16.5. The van der Waals surface area contributed by atoms with Gasteiger partial charge in [0, 0.05) is 44.1 Å². The molecular formula is C46H35N3O. The maximum atomic E-state index is 5.66. The number of benzene rings is 5. The van der Waals surface area contributed by atoms with Crippen LogP contribution in [0.2, 0.25) is 0 Å². The van der Waals surface area contributed by atoms with Gasteiger partial charge < -0.3 is 9.72 Å². The first-order valence-electron chi connectivity index (χ1n) is 17.4. The van der Waals surface area contributed by atoms with Gasteiger partial charge in [-0.05, 0) is 93.4 Å². The number of ether oxygens (including phenoxy) is 1. The Kier molecular flexibility index (Phi) is 6.23. The molecule has 0 spiro atoms. The molecule has 4 heteroatoms. The maximum Gasteiger partial charge on any atom is 0.128 e. The van der Waals surface area contributed by atoms with Gasteiger partial charge in [-0.25, -0.2) is 9.97 Å². The van der Waals surface area contributed by atoms with Crippen LogP contribution in [-0.4, -0.2) is 22.1 Å². The monoisotopic (exact) mass is 645 g/mol. The summed E-state index contributed by atoms with van der Waals surface area (Å²) in [6, 6.07) is 43.3. The SMILES string of the molecule is COc1ccccc1-c1ccc2ccc3ccc(-c4cccc(C5CC(C)(C)C=c6[nH]c7cc8c(cc7c65)-c5ccccc5C=8)c4)nc3c2n1. The molecule has 1 unspecified atom stereocenters. The van der Waals surface area contributed by atoms with E-state index in [1.165, 1.54) is 49.3 Å². The second-order valence-corrected chi connectivity index (χ2v) is 14.5. The van der Waals surface area contributed by atoms with E-state index < -0.39 is 0 Å². The van der Waals surface area contributed by atoms with E-state index in [0.29, 0.717) is 0 Å². The number of nitrogens with zero attached hydrogens (tertiary/aromatic N) is 2. The zero-order valence-electron chi connectivity index (χ0n) is 28.3. The van der Waals surface area contributed by atoms with Gasteiger partial charge in [0.15, 0.2) is 0 Å². The number of aromatic amines is 1. The van der Waals surface area contributed by atoms with E-state index in [-0.39, 0.29) is 11.3 Å². The Balaban J connectivity index is 1.10. The number of fused-ring (bicyclic) bond motifs is 9. The first kappa shape index (κ1) is 29.0. The van der Waals surface area contributed by atoms with Crippen LogP contribution in [-0.2, 0) is 0 Å². The van der Waals surface area contributed by atoms with Crippen LogP contribution < -0.4 is 15.3 Å². The van der Waals surface area contributed by atoms with Gasteiger partial charge in [0.05, 0.1) is 29.5 Å². The van der Waals surface area contributed by atoms with Gasteiger partial charge in [-0.1, -0.05) is 98.8 Å². The molecule has 0 saturated carbocycles. The molecule has 4 nitrogen and oxygen atoms in total. The Morgan fingerprint density at radius 2 is 1.42 bits per heavy atom. The molecule has 1 atom stereocenters. The minimum Gasteiger partial charge on any atom is -0.496 e. The van der Waals surface area contributed by atoms with Crippen LogP contribution in [0.5, 0.6) is 5.75 Å². The van der Waals surface area contributed by atoms with Gasteiger partial charge in [-0.15, -0.1) is 0 Å². The smallest absolute Gasteiger partial charge is 0.128 e. The lowest BCUT2D eigenvalue weighted by molar-refractivity contribution is 0.416. The van der Waals surface area contributed by atoms with Crippen LogP contribution >= 0.6 is 0 Å². The Hall–Kier alpha value is -6.00. The van der Waals surface area contributed by atoms with Crippen molar-refractivity contribution in [3.05, 3.63) is 149 Å². The van der Waals surface area contributed by atoms with Crippen LogP contribution in [0.1, 0.15) is 42.9 Å². The van der Waals surface area contributed by atoms with Gasteiger partial charge in [0.2, 0.25) is 0 Å². The first-order chi connectivity index (χ1) is 24.4. The van der Waals surface area contributed by atoms with Crippen LogP contribution in [0, 0.1) is 5.41 Å². The molecule has 240 valence electrons. The van der Waals surface area contributed by atoms with E-state index >= 15 is 0 Å². The highest BCUT2D eigenvalue weighted by molar-refractivity contribution is 6.04. The quantitative estimate of drug-likeness (QED) is 0.194. The van der Waals surface area contributed by atoms with Crippen molar-refractivity contribution in [2.45, 2.75) is 26.2 Å². The number of pyridine rings is 2. The number of nitrogens with one attached hydrogen (secondary N) is 1. The number of aromatic nitrogens is 3. The minimum atomic E-state index is 0.0426. The van der Waals surface area contributed by atoms with Gasteiger partial charge in [-0.2, -0.15) is 0 Å². The molecule has 10 rings (SSSR count). The van der Waals surface area contributed by atoms with Gasteiger partial charge in [0.1, 0.15) is 5.75 Å². The second kappa shape index (κ2) is 10.8. The van der Waals surface area contributed by atoms with Gasteiger partial charge >= 0.3 is 0 Å². The lowest BCUT2D eigenvalue weighted by Crippen LogP contribution is -2.27. The molecule has 0 radical (unpaired) electrons. The molecular weight excluding hydrogens is 611 g/mol. The van der Waals surface area contributed by atoms with Crippen molar-refractivity contribution in [2.75, 3.05) is 7.11 Å². The summed E-state index contributed by atoms with van der Waals surface area (Å²) in [5.41, 5.74) is 13.6. The van der Waals surface area contributed by atoms with E-state index in [1.54, 1.807) is 7.11 Å². The van der Waals surface area contributed by atoms with Crippen LogP contribution in [0.25, 0.3) is 78.5 Å². The van der Waals surface area contributed by atoms with Crippen LogP contribution in [0.4, 0.5) is 0 Å². The zero-order chi connectivity index (χ0) is 33.6. The van der Waals surface area contributed by atoms with Crippen molar-refractivity contribution >= 4 is 44.9 Å². The topological polar surface area (TPSA) is 50.8 Å². The standard InChI is InChI=1S/C46H35N3O/c1-46(2)25-37(43-36-24-35-32(23-40(36)47-41(43)26-46)22-29-9-4-5-12-33(29)35)30-10-8-11-31(21-30)38-19-17-27-15-16-28-18-20-39(49-45(28)44(27)48-38)34-13-6-7-14-42(34)50-3/h4-24,26,37,47H,25H2,1-3H3. The highest BCUT2D eigenvalue weighted by Gasteiger charge is 2.32. The summed E-state index contributed by atoms with van der Waals surface area (Å²) < 4.78 is 5.66. The molecule has 50 heavy (non-hydrogen) atoms. The third kappa shape index (κ3) is 4.52. The van der Waals surface area contributed by atoms with Gasteiger partial charge in [-0.3, -0.25) is 0 Å². The van der Waals surface area contributed by atoms with Crippen molar-refractivity contribution < 1.29 is 4.74 Å². The normalized spacial score (nSPS) is 15.7. The molecule has 3 aromatic heterocycles. The third-order valence-electron chi connectivity index (χ3n) is 10.7. The fourth-order valence-corrected chi connectivity index (χ4v) is 8.39. The van der Waals surface area contributed by atoms with E-state index in [4.69, 9.17) is 14.7 Å². The highest BCUT2D eigenvalue weighted by Crippen LogP contribution is 2.43. The fraction of sp³-hybridized carbons (Fsp3) is 0.130. The summed E-state index contributed by atoms with van der Waals surface area (Å²) >= 11 is 0. The molecule has 0 fully saturated rings. The van der Waals surface area contributed by atoms with Crippen molar-refractivity contribution in [1.29, 1.82) is 0 Å². The molecule has 0 saturated heterocycles. The van der Waals surface area contributed by atoms with E-state index in [0.717, 1.165) is 56.5 Å². The van der Waals surface area contributed by atoms with Gasteiger partial charge in [0.25, 0.3) is 0 Å². The number of hydrogen-bond donors (Lipinski definition) is 1. The molecule has 1 N–H and O–H groups in total. The Morgan fingerprint density at radius 1 is 0.700 bits per heavy atom. The third-order valence-corrected chi connectivity index (χ3v) is 10.7. The van der Waals surface area contributed by atoms with Crippen LogP contribution in [0.15, 0.2) is 121 Å². The van der Waals surface area contributed by atoms with E-state index in [9.17, 15) is 0 Å². The largest absolute Gasteiger partial charge is 0.496 e. The number of methoxy groups -OCH3 is 1. The number of para-hydroxylation sites is 1. The zero-order valence-corrected chi connectivity index (χ0v) is 28.3. The van der Waals surface area contributed by atoms with Crippen LogP contribution in [0.3, 0.4) is 0 Å². The second-order valence-electron chi connectivity index (χ2n) is 14.5. The number of H-pyrrole nitrogens is 1. The molecule has 2 aliphatic rings. The molecule has 2 aliphatic carbocycles. The van der Waals surface area contributed by atoms with Crippen molar-refractivity contribution in [2.24, 2.45) is 5.41 Å². The molecule has 0 amide bonds. The Labute approximate surface area is 290 Å². The summed E-state index contributed by atoms with van der Waals surface area (Å²) in [7, 11) is 1.70.